The topological polar surface area (TPSA) is 39.9 Å². The maximum Gasteiger partial charge on any atom is 0.0873 e. The van der Waals surface area contributed by atoms with Gasteiger partial charge in [0.05, 0.1) is 16.5 Å². The predicted octanol–water partition coefficient (Wildman–Crippen LogP) is 2.53. The van der Waals surface area contributed by atoms with E-state index in [1.807, 2.05) is 6.07 Å². The standard InChI is InChI=1S/C14H14ClN3/c1-18-12-2-3-13(18)6-14(5-12,9-16)10-4-11(15)8-17-7-10/h2-4,7-8,12-13H,5-6H2,1H3. The Bertz CT molecular complexity index is 530. The Balaban J connectivity index is 2.01. The minimum absolute atomic E-state index is 0.349. The molecule has 0 N–H and O–H groups in total. The van der Waals surface area contributed by atoms with Crippen molar-refractivity contribution in [3.8, 4) is 6.07 Å². The van der Waals surface area contributed by atoms with Gasteiger partial charge >= 0.3 is 0 Å². The van der Waals surface area contributed by atoms with Crippen molar-refractivity contribution in [3.63, 3.8) is 0 Å². The van der Waals surface area contributed by atoms with Gasteiger partial charge in [0.1, 0.15) is 0 Å². The van der Waals surface area contributed by atoms with Crippen LogP contribution in [0.25, 0.3) is 0 Å². The van der Waals surface area contributed by atoms with Crippen LogP contribution in [-0.2, 0) is 5.41 Å². The highest BCUT2D eigenvalue weighted by atomic mass is 35.5. The number of rotatable bonds is 1. The van der Waals surface area contributed by atoms with E-state index in [4.69, 9.17) is 11.6 Å². The molecule has 4 heteroatoms. The zero-order chi connectivity index (χ0) is 12.8. The Morgan fingerprint density at radius 3 is 2.61 bits per heavy atom. The monoisotopic (exact) mass is 259 g/mol. The fourth-order valence-corrected chi connectivity index (χ4v) is 3.23. The van der Waals surface area contributed by atoms with Gasteiger partial charge in [0.15, 0.2) is 0 Å². The van der Waals surface area contributed by atoms with Crippen LogP contribution in [0.3, 0.4) is 0 Å². The number of aromatic nitrogens is 1. The summed E-state index contributed by atoms with van der Waals surface area (Å²) in [6.07, 6.45) is 9.44. The maximum atomic E-state index is 9.67. The second-order valence-electron chi connectivity index (χ2n) is 5.18. The number of hydrogen-bond acceptors (Lipinski definition) is 3. The van der Waals surface area contributed by atoms with E-state index in [9.17, 15) is 5.26 Å². The van der Waals surface area contributed by atoms with Gasteiger partial charge in [-0.05, 0) is 31.5 Å². The Kier molecular flexibility index (Phi) is 2.65. The van der Waals surface area contributed by atoms with Crippen LogP contribution in [0.4, 0.5) is 0 Å². The van der Waals surface area contributed by atoms with Crippen LogP contribution < -0.4 is 0 Å². The second kappa shape index (κ2) is 4.08. The average Bonchev–Trinajstić information content (AvgIpc) is 2.62. The van der Waals surface area contributed by atoms with Gasteiger partial charge in [-0.15, -0.1) is 0 Å². The average molecular weight is 260 g/mol. The van der Waals surface area contributed by atoms with Gasteiger partial charge in [-0.1, -0.05) is 23.8 Å². The molecule has 18 heavy (non-hydrogen) atoms. The summed E-state index contributed by atoms with van der Waals surface area (Å²) in [7, 11) is 2.12. The first-order valence-electron chi connectivity index (χ1n) is 6.07. The van der Waals surface area contributed by atoms with Gasteiger partial charge in [-0.2, -0.15) is 5.26 Å². The third-order valence-corrected chi connectivity index (χ3v) is 4.40. The molecule has 2 aliphatic heterocycles. The first kappa shape index (κ1) is 11.7. The molecule has 0 aromatic carbocycles. The highest BCUT2D eigenvalue weighted by Crippen LogP contribution is 2.43. The minimum atomic E-state index is -0.455. The summed E-state index contributed by atoms with van der Waals surface area (Å²) in [4.78, 5) is 6.45. The van der Waals surface area contributed by atoms with Crippen LogP contribution >= 0.6 is 11.6 Å². The highest BCUT2D eigenvalue weighted by molar-refractivity contribution is 6.30. The Labute approximate surface area is 112 Å². The smallest absolute Gasteiger partial charge is 0.0873 e. The summed E-state index contributed by atoms with van der Waals surface area (Å²) in [6.45, 7) is 0. The van der Waals surface area contributed by atoms with Crippen molar-refractivity contribution in [3.05, 3.63) is 41.2 Å². The van der Waals surface area contributed by atoms with Crippen molar-refractivity contribution in [2.75, 3.05) is 7.05 Å². The lowest BCUT2D eigenvalue weighted by molar-refractivity contribution is 0.150. The van der Waals surface area contributed by atoms with Crippen LogP contribution in [0.2, 0.25) is 5.02 Å². The third kappa shape index (κ3) is 1.65. The molecule has 3 heterocycles. The van der Waals surface area contributed by atoms with Gasteiger partial charge in [-0.3, -0.25) is 9.88 Å². The quantitative estimate of drug-likeness (QED) is 0.728. The SMILES string of the molecule is CN1C2C=CC1CC(C#N)(c1cncc(Cl)c1)C2. The minimum Gasteiger partial charge on any atom is -0.293 e. The lowest BCUT2D eigenvalue weighted by Gasteiger charge is -2.41. The summed E-state index contributed by atoms with van der Waals surface area (Å²) in [5, 5.41) is 10.3. The normalized spacial score (nSPS) is 34.5. The first-order chi connectivity index (χ1) is 8.64. The van der Waals surface area contributed by atoms with Gasteiger partial charge in [0, 0.05) is 24.5 Å². The fraction of sp³-hybridized carbons (Fsp3) is 0.429. The fourth-order valence-electron chi connectivity index (χ4n) is 3.06. The lowest BCUT2D eigenvalue weighted by atomic mass is 9.71. The second-order valence-corrected chi connectivity index (χ2v) is 5.62. The van der Waals surface area contributed by atoms with E-state index in [1.165, 1.54) is 0 Å². The molecule has 1 aromatic rings. The van der Waals surface area contributed by atoms with E-state index in [1.54, 1.807) is 12.4 Å². The Morgan fingerprint density at radius 2 is 2.06 bits per heavy atom. The molecule has 3 rings (SSSR count). The molecule has 0 amide bonds. The van der Waals surface area contributed by atoms with Crippen LogP contribution in [0, 0.1) is 11.3 Å². The van der Waals surface area contributed by atoms with Crippen molar-refractivity contribution in [1.82, 2.24) is 9.88 Å². The van der Waals surface area contributed by atoms with E-state index >= 15 is 0 Å². The molecule has 1 saturated heterocycles. The van der Waals surface area contributed by atoms with Crippen LogP contribution in [0.15, 0.2) is 30.6 Å². The zero-order valence-corrected chi connectivity index (χ0v) is 10.9. The Hall–Kier alpha value is -1.37. The number of fused-ring (bicyclic) bond motifs is 2. The van der Waals surface area contributed by atoms with Gasteiger partial charge in [0.2, 0.25) is 0 Å². The van der Waals surface area contributed by atoms with E-state index in [-0.39, 0.29) is 0 Å². The largest absolute Gasteiger partial charge is 0.293 e. The molecule has 2 aliphatic rings. The van der Waals surface area contributed by atoms with Gasteiger partial charge in [-0.25, -0.2) is 0 Å². The van der Waals surface area contributed by atoms with E-state index in [0.717, 1.165) is 18.4 Å². The number of nitriles is 1. The molecule has 2 bridgehead atoms. The Morgan fingerprint density at radius 1 is 1.39 bits per heavy atom. The summed E-state index contributed by atoms with van der Waals surface area (Å²) >= 11 is 6.00. The molecule has 2 unspecified atom stereocenters. The van der Waals surface area contributed by atoms with Crippen molar-refractivity contribution in [2.45, 2.75) is 30.3 Å². The van der Waals surface area contributed by atoms with Crippen molar-refractivity contribution in [1.29, 1.82) is 5.26 Å². The van der Waals surface area contributed by atoms with Gasteiger partial charge < -0.3 is 0 Å². The number of halogens is 1. The summed E-state index contributed by atoms with van der Waals surface area (Å²) < 4.78 is 0. The van der Waals surface area contributed by atoms with Crippen molar-refractivity contribution < 1.29 is 0 Å². The van der Waals surface area contributed by atoms with Crippen LogP contribution in [0.1, 0.15) is 18.4 Å². The highest BCUT2D eigenvalue weighted by Gasteiger charge is 2.46. The molecule has 2 atom stereocenters. The first-order valence-corrected chi connectivity index (χ1v) is 6.45. The molecular formula is C14H14ClN3. The van der Waals surface area contributed by atoms with Gasteiger partial charge in [0.25, 0.3) is 0 Å². The molecule has 0 spiro atoms. The van der Waals surface area contributed by atoms with Crippen molar-refractivity contribution >= 4 is 11.6 Å². The number of nitrogens with zero attached hydrogens (tertiary/aromatic N) is 3. The maximum absolute atomic E-state index is 9.67. The summed E-state index contributed by atoms with van der Waals surface area (Å²) in [5.41, 5.74) is 0.493. The van der Waals surface area contributed by atoms with E-state index in [2.05, 4.69) is 35.2 Å². The van der Waals surface area contributed by atoms with Crippen molar-refractivity contribution in [2.24, 2.45) is 0 Å². The molecule has 0 aliphatic carbocycles. The number of hydrogen-bond donors (Lipinski definition) is 0. The van der Waals surface area contributed by atoms with E-state index in [0.29, 0.717) is 17.1 Å². The number of likely N-dealkylation sites (N-methyl/N-ethyl adjacent to an activating group) is 1. The third-order valence-electron chi connectivity index (χ3n) is 4.19. The molecule has 3 nitrogen and oxygen atoms in total. The molecule has 0 saturated carbocycles. The van der Waals surface area contributed by atoms with E-state index < -0.39 is 5.41 Å². The van der Waals surface area contributed by atoms with Crippen LogP contribution in [-0.4, -0.2) is 29.0 Å². The number of piperidine rings is 1. The van der Waals surface area contributed by atoms with Crippen LogP contribution in [0.5, 0.6) is 0 Å². The zero-order valence-electron chi connectivity index (χ0n) is 10.2. The molecular weight excluding hydrogens is 246 g/mol. The summed E-state index contributed by atoms with van der Waals surface area (Å²) in [5.74, 6) is 0. The molecule has 92 valence electrons. The summed E-state index contributed by atoms with van der Waals surface area (Å²) in [6, 6.07) is 5.09. The predicted molar refractivity (Wildman–Crippen MR) is 70.3 cm³/mol. The molecule has 1 aromatic heterocycles. The molecule has 1 fully saturated rings. The number of pyridine rings is 1. The molecule has 0 radical (unpaired) electrons. The lowest BCUT2D eigenvalue weighted by Crippen LogP contribution is -2.47.